The maximum Gasteiger partial charge on any atom is 0.243 e. The van der Waals surface area contributed by atoms with Gasteiger partial charge in [0.25, 0.3) is 0 Å². The molecule has 1 fully saturated rings. The van der Waals surface area contributed by atoms with Gasteiger partial charge in [0.05, 0.1) is 4.90 Å². The van der Waals surface area contributed by atoms with Gasteiger partial charge in [0.15, 0.2) is 0 Å². The predicted octanol–water partition coefficient (Wildman–Crippen LogP) is 0.966. The third kappa shape index (κ3) is 2.88. The van der Waals surface area contributed by atoms with Crippen molar-refractivity contribution in [1.82, 2.24) is 9.62 Å². The second kappa shape index (κ2) is 5.89. The van der Waals surface area contributed by atoms with Crippen molar-refractivity contribution in [2.75, 3.05) is 24.5 Å². The molecule has 0 spiro atoms. The van der Waals surface area contributed by atoms with Crippen LogP contribution in [0.3, 0.4) is 0 Å². The number of sulfonamides is 1. The van der Waals surface area contributed by atoms with Crippen molar-refractivity contribution in [3.63, 3.8) is 0 Å². The van der Waals surface area contributed by atoms with Gasteiger partial charge < -0.3 is 10.2 Å². The lowest BCUT2D eigenvalue weighted by atomic mass is 10.1. The maximum absolute atomic E-state index is 12.8. The van der Waals surface area contributed by atoms with Crippen LogP contribution in [0.2, 0.25) is 0 Å². The Morgan fingerprint density at radius 3 is 2.70 bits per heavy atom. The molecular weight excluding hydrogens is 314 g/mol. The summed E-state index contributed by atoms with van der Waals surface area (Å²) in [5.41, 5.74) is 1.76. The second-order valence-corrected chi connectivity index (χ2v) is 8.39. The monoisotopic (exact) mass is 337 g/mol. The topological polar surface area (TPSA) is 69.7 Å². The average molecular weight is 337 g/mol. The molecular formula is C16H23N3O3S. The molecule has 0 aliphatic carbocycles. The predicted molar refractivity (Wildman–Crippen MR) is 89.0 cm³/mol. The van der Waals surface area contributed by atoms with Crippen LogP contribution < -0.4 is 10.2 Å². The largest absolute Gasteiger partial charge is 0.312 e. The normalized spacial score (nSPS) is 25.4. The molecule has 126 valence electrons. The van der Waals surface area contributed by atoms with Crippen LogP contribution in [-0.4, -0.2) is 50.3 Å². The van der Waals surface area contributed by atoms with Crippen molar-refractivity contribution < 1.29 is 13.2 Å². The van der Waals surface area contributed by atoms with E-state index in [1.165, 1.54) is 4.31 Å². The number of carbonyl (C=O) groups excluding carboxylic acids is 1. The number of amides is 1. The lowest BCUT2D eigenvalue weighted by Gasteiger charge is -2.31. The van der Waals surface area contributed by atoms with E-state index in [0.717, 1.165) is 11.3 Å². The van der Waals surface area contributed by atoms with Crippen LogP contribution in [0.25, 0.3) is 0 Å². The zero-order chi connectivity index (χ0) is 16.8. The molecule has 2 heterocycles. The van der Waals surface area contributed by atoms with Crippen LogP contribution in [0, 0.1) is 0 Å². The van der Waals surface area contributed by atoms with Crippen molar-refractivity contribution in [2.24, 2.45) is 0 Å². The van der Waals surface area contributed by atoms with E-state index in [1.807, 2.05) is 13.8 Å². The van der Waals surface area contributed by atoms with Gasteiger partial charge in [0.2, 0.25) is 15.9 Å². The SMILES string of the molecule is CC(=O)N1c2ccc(S(=O)(=O)N3CCNC(C)C3)cc2CC1C. The minimum absolute atomic E-state index is 0.0113. The Morgan fingerprint density at radius 1 is 1.30 bits per heavy atom. The molecule has 2 atom stereocenters. The van der Waals surface area contributed by atoms with Crippen molar-refractivity contribution in [3.05, 3.63) is 23.8 Å². The van der Waals surface area contributed by atoms with E-state index in [0.29, 0.717) is 31.0 Å². The third-order valence-corrected chi connectivity index (χ3v) is 6.44. The summed E-state index contributed by atoms with van der Waals surface area (Å²) in [4.78, 5) is 13.8. The van der Waals surface area contributed by atoms with Crippen LogP contribution in [0.4, 0.5) is 5.69 Å². The summed E-state index contributed by atoms with van der Waals surface area (Å²) < 4.78 is 27.2. The van der Waals surface area contributed by atoms with Crippen LogP contribution in [-0.2, 0) is 21.2 Å². The number of nitrogens with one attached hydrogen (secondary N) is 1. The average Bonchev–Trinajstić information content (AvgIpc) is 2.82. The quantitative estimate of drug-likeness (QED) is 0.873. The second-order valence-electron chi connectivity index (χ2n) is 6.45. The van der Waals surface area contributed by atoms with Gasteiger partial charge in [0, 0.05) is 44.3 Å². The summed E-state index contributed by atoms with van der Waals surface area (Å²) in [6.45, 7) is 7.14. The number of piperazine rings is 1. The van der Waals surface area contributed by atoms with Crippen molar-refractivity contribution >= 4 is 21.6 Å². The molecule has 1 N–H and O–H groups in total. The number of nitrogens with zero attached hydrogens (tertiary/aromatic N) is 2. The Labute approximate surface area is 137 Å². The summed E-state index contributed by atoms with van der Waals surface area (Å²) in [6.07, 6.45) is 0.691. The first-order valence-corrected chi connectivity index (χ1v) is 9.41. The Balaban J connectivity index is 1.94. The van der Waals surface area contributed by atoms with E-state index in [1.54, 1.807) is 30.0 Å². The molecule has 2 aliphatic rings. The molecule has 2 aliphatic heterocycles. The lowest BCUT2D eigenvalue weighted by molar-refractivity contribution is -0.116. The van der Waals surface area contributed by atoms with E-state index in [-0.39, 0.29) is 18.0 Å². The summed E-state index contributed by atoms with van der Waals surface area (Å²) in [5.74, 6) is -0.0113. The number of hydrogen-bond donors (Lipinski definition) is 1. The molecule has 0 radical (unpaired) electrons. The van der Waals surface area contributed by atoms with E-state index in [2.05, 4.69) is 5.32 Å². The van der Waals surface area contributed by atoms with Gasteiger partial charge in [-0.1, -0.05) is 0 Å². The summed E-state index contributed by atoms with van der Waals surface area (Å²) in [5, 5.41) is 3.25. The van der Waals surface area contributed by atoms with Gasteiger partial charge in [-0.25, -0.2) is 8.42 Å². The van der Waals surface area contributed by atoms with Crippen molar-refractivity contribution in [2.45, 2.75) is 44.2 Å². The zero-order valence-electron chi connectivity index (χ0n) is 13.7. The highest BCUT2D eigenvalue weighted by Gasteiger charge is 2.33. The van der Waals surface area contributed by atoms with Crippen LogP contribution >= 0.6 is 0 Å². The fraction of sp³-hybridized carbons (Fsp3) is 0.562. The number of rotatable bonds is 2. The molecule has 0 aromatic heterocycles. The van der Waals surface area contributed by atoms with Gasteiger partial charge in [-0.15, -0.1) is 0 Å². The summed E-state index contributed by atoms with van der Waals surface area (Å²) in [6, 6.07) is 5.34. The summed E-state index contributed by atoms with van der Waals surface area (Å²) in [7, 11) is -3.48. The highest BCUT2D eigenvalue weighted by molar-refractivity contribution is 7.89. The van der Waals surface area contributed by atoms with E-state index >= 15 is 0 Å². The Bertz CT molecular complexity index is 732. The number of benzene rings is 1. The molecule has 0 bridgehead atoms. The van der Waals surface area contributed by atoms with Gasteiger partial charge in [-0.3, -0.25) is 4.79 Å². The fourth-order valence-electron chi connectivity index (χ4n) is 3.51. The van der Waals surface area contributed by atoms with Gasteiger partial charge in [-0.2, -0.15) is 4.31 Å². The highest BCUT2D eigenvalue weighted by Crippen LogP contribution is 2.34. The molecule has 2 unspecified atom stereocenters. The first-order chi connectivity index (χ1) is 10.8. The van der Waals surface area contributed by atoms with Gasteiger partial charge in [0.1, 0.15) is 0 Å². The van der Waals surface area contributed by atoms with E-state index in [9.17, 15) is 13.2 Å². The molecule has 6 nitrogen and oxygen atoms in total. The van der Waals surface area contributed by atoms with E-state index < -0.39 is 10.0 Å². The van der Waals surface area contributed by atoms with Crippen molar-refractivity contribution in [3.8, 4) is 0 Å². The number of fused-ring (bicyclic) bond motifs is 1. The van der Waals surface area contributed by atoms with Crippen LogP contribution in [0.5, 0.6) is 0 Å². The minimum Gasteiger partial charge on any atom is -0.312 e. The smallest absolute Gasteiger partial charge is 0.243 e. The van der Waals surface area contributed by atoms with Crippen LogP contribution in [0.15, 0.2) is 23.1 Å². The van der Waals surface area contributed by atoms with Crippen LogP contribution in [0.1, 0.15) is 26.3 Å². The maximum atomic E-state index is 12.8. The molecule has 3 rings (SSSR count). The number of carbonyl (C=O) groups is 1. The minimum atomic E-state index is -3.48. The third-order valence-electron chi connectivity index (χ3n) is 4.58. The number of hydrogen-bond acceptors (Lipinski definition) is 4. The standard InChI is InChI=1S/C16H23N3O3S/c1-11-10-18(7-6-17-11)23(21,22)15-4-5-16-14(9-15)8-12(2)19(16)13(3)20/h4-5,9,11-12,17H,6-8,10H2,1-3H3. The molecule has 1 aromatic carbocycles. The first-order valence-electron chi connectivity index (χ1n) is 7.97. The zero-order valence-corrected chi connectivity index (χ0v) is 14.6. The Hall–Kier alpha value is -1.44. The molecule has 23 heavy (non-hydrogen) atoms. The molecule has 1 amide bonds. The molecule has 1 saturated heterocycles. The number of anilines is 1. The lowest BCUT2D eigenvalue weighted by Crippen LogP contribution is -2.51. The molecule has 0 saturated carbocycles. The first kappa shape index (κ1) is 16.4. The highest BCUT2D eigenvalue weighted by atomic mass is 32.2. The summed E-state index contributed by atoms with van der Waals surface area (Å²) >= 11 is 0. The Kier molecular flexibility index (Phi) is 4.20. The van der Waals surface area contributed by atoms with Gasteiger partial charge >= 0.3 is 0 Å². The Morgan fingerprint density at radius 2 is 2.04 bits per heavy atom. The molecule has 7 heteroatoms. The van der Waals surface area contributed by atoms with Gasteiger partial charge in [-0.05, 0) is 44.0 Å². The van der Waals surface area contributed by atoms with Crippen molar-refractivity contribution in [1.29, 1.82) is 0 Å². The fourth-order valence-corrected chi connectivity index (χ4v) is 5.09. The molecule has 1 aromatic rings. The van der Waals surface area contributed by atoms with E-state index in [4.69, 9.17) is 0 Å².